The number of hydrogen-bond donors (Lipinski definition) is 2. The van der Waals surface area contributed by atoms with Crippen LogP contribution < -0.4 is 5.32 Å². The predicted molar refractivity (Wildman–Crippen MR) is 84.6 cm³/mol. The zero-order chi connectivity index (χ0) is 14.1. The first-order chi connectivity index (χ1) is 9.66. The summed E-state index contributed by atoms with van der Waals surface area (Å²) in [6.45, 7) is 2.13. The summed E-state index contributed by atoms with van der Waals surface area (Å²) in [5, 5.41) is 13.9. The number of hydrogen-bond acceptors (Lipinski definition) is 2. The molecule has 3 rings (SSSR count). The minimum Gasteiger partial charge on any atom is -0.391 e. The lowest BCUT2D eigenvalue weighted by Gasteiger charge is -2.24. The van der Waals surface area contributed by atoms with Gasteiger partial charge in [0.05, 0.1) is 12.1 Å². The van der Waals surface area contributed by atoms with Gasteiger partial charge in [0.1, 0.15) is 0 Å². The van der Waals surface area contributed by atoms with Crippen molar-refractivity contribution in [3.63, 3.8) is 0 Å². The van der Waals surface area contributed by atoms with Crippen LogP contribution in [0.3, 0.4) is 0 Å². The summed E-state index contributed by atoms with van der Waals surface area (Å²) < 4.78 is 1.10. The molecule has 0 saturated carbocycles. The van der Waals surface area contributed by atoms with E-state index in [1.165, 1.54) is 16.7 Å². The fourth-order valence-corrected chi connectivity index (χ4v) is 3.59. The van der Waals surface area contributed by atoms with Gasteiger partial charge in [-0.25, -0.2) is 0 Å². The Morgan fingerprint density at radius 3 is 2.65 bits per heavy atom. The highest BCUT2D eigenvalue weighted by Crippen LogP contribution is 2.34. The number of rotatable bonds is 3. The number of halogens is 1. The van der Waals surface area contributed by atoms with Crippen LogP contribution in [-0.4, -0.2) is 11.2 Å². The maximum atomic E-state index is 10.3. The Morgan fingerprint density at radius 2 is 1.85 bits per heavy atom. The highest BCUT2D eigenvalue weighted by atomic mass is 79.9. The lowest BCUT2D eigenvalue weighted by Crippen LogP contribution is -2.31. The van der Waals surface area contributed by atoms with E-state index < -0.39 is 0 Å². The van der Waals surface area contributed by atoms with Crippen molar-refractivity contribution in [1.82, 2.24) is 5.32 Å². The summed E-state index contributed by atoms with van der Waals surface area (Å²) in [6.07, 6.45) is 0.383. The van der Waals surface area contributed by atoms with Crippen LogP contribution in [-0.2, 0) is 6.42 Å². The van der Waals surface area contributed by atoms with Gasteiger partial charge in [0.2, 0.25) is 0 Å². The van der Waals surface area contributed by atoms with E-state index in [0.29, 0.717) is 0 Å². The molecule has 2 nitrogen and oxygen atoms in total. The van der Waals surface area contributed by atoms with Crippen molar-refractivity contribution in [2.45, 2.75) is 31.5 Å². The Labute approximate surface area is 128 Å². The lowest BCUT2D eigenvalue weighted by atomic mass is 10.0. The predicted octanol–water partition coefficient (Wildman–Crippen LogP) is 3.76. The summed E-state index contributed by atoms with van der Waals surface area (Å²) in [5.41, 5.74) is 3.68. The van der Waals surface area contributed by atoms with Gasteiger partial charge in [0.25, 0.3) is 0 Å². The van der Waals surface area contributed by atoms with E-state index in [9.17, 15) is 5.11 Å². The van der Waals surface area contributed by atoms with Gasteiger partial charge in [0, 0.05) is 16.9 Å². The Bertz CT molecular complexity index is 613. The lowest BCUT2D eigenvalue weighted by molar-refractivity contribution is 0.136. The van der Waals surface area contributed by atoms with Gasteiger partial charge in [-0.2, -0.15) is 0 Å². The van der Waals surface area contributed by atoms with E-state index in [4.69, 9.17) is 0 Å². The van der Waals surface area contributed by atoms with E-state index in [-0.39, 0.29) is 18.2 Å². The number of benzene rings is 2. The van der Waals surface area contributed by atoms with Crippen LogP contribution >= 0.6 is 15.9 Å². The highest BCUT2D eigenvalue weighted by Gasteiger charge is 2.31. The first kappa shape index (κ1) is 13.8. The maximum absolute atomic E-state index is 10.3. The molecule has 0 aliphatic heterocycles. The van der Waals surface area contributed by atoms with Gasteiger partial charge in [-0.1, -0.05) is 58.4 Å². The molecule has 1 aliphatic rings. The molecular formula is C17H18BrNO. The van der Waals surface area contributed by atoms with Crippen LogP contribution in [0.5, 0.6) is 0 Å². The smallest absolute Gasteiger partial charge is 0.0775 e. The molecular weight excluding hydrogens is 314 g/mol. The number of fused-ring (bicyclic) bond motifs is 1. The molecule has 0 bridgehead atoms. The van der Waals surface area contributed by atoms with Gasteiger partial charge in [0.15, 0.2) is 0 Å². The molecule has 3 unspecified atom stereocenters. The molecule has 3 atom stereocenters. The van der Waals surface area contributed by atoms with Crippen molar-refractivity contribution in [3.8, 4) is 0 Å². The standard InChI is InChI=1S/C17H18BrNO/c1-11(13-7-4-5-9-15(13)18)19-17-14-8-3-2-6-12(14)10-16(17)20/h2-9,11,16-17,19-20H,10H2,1H3. The van der Waals surface area contributed by atoms with E-state index in [1.54, 1.807) is 0 Å². The summed E-state index contributed by atoms with van der Waals surface area (Å²) in [5.74, 6) is 0. The molecule has 0 radical (unpaired) electrons. The summed E-state index contributed by atoms with van der Waals surface area (Å²) in [4.78, 5) is 0. The maximum Gasteiger partial charge on any atom is 0.0775 e. The fraction of sp³-hybridized carbons (Fsp3) is 0.294. The summed E-state index contributed by atoms with van der Waals surface area (Å²) in [6, 6.07) is 16.7. The van der Waals surface area contributed by atoms with Crippen LogP contribution in [0.15, 0.2) is 53.0 Å². The topological polar surface area (TPSA) is 32.3 Å². The molecule has 0 saturated heterocycles. The Morgan fingerprint density at radius 1 is 1.15 bits per heavy atom. The molecule has 0 heterocycles. The van der Waals surface area contributed by atoms with E-state index in [2.05, 4.69) is 46.4 Å². The van der Waals surface area contributed by atoms with Crippen molar-refractivity contribution in [1.29, 1.82) is 0 Å². The first-order valence-corrected chi connectivity index (χ1v) is 7.72. The molecule has 104 valence electrons. The average molecular weight is 332 g/mol. The fourth-order valence-electron chi connectivity index (χ4n) is 2.96. The van der Waals surface area contributed by atoms with Crippen molar-refractivity contribution in [3.05, 3.63) is 69.7 Å². The van der Waals surface area contributed by atoms with Gasteiger partial charge >= 0.3 is 0 Å². The van der Waals surface area contributed by atoms with Gasteiger partial charge < -0.3 is 10.4 Å². The van der Waals surface area contributed by atoms with E-state index >= 15 is 0 Å². The molecule has 20 heavy (non-hydrogen) atoms. The third-order valence-corrected chi connectivity index (χ3v) is 4.73. The normalized spacial score (nSPS) is 22.6. The monoisotopic (exact) mass is 331 g/mol. The highest BCUT2D eigenvalue weighted by molar-refractivity contribution is 9.10. The second kappa shape index (κ2) is 5.68. The second-order valence-corrected chi connectivity index (χ2v) is 6.21. The Kier molecular flexibility index (Phi) is 3.92. The van der Waals surface area contributed by atoms with Gasteiger partial charge in [-0.15, -0.1) is 0 Å². The zero-order valence-electron chi connectivity index (χ0n) is 11.4. The van der Waals surface area contributed by atoms with Crippen LogP contribution in [0, 0.1) is 0 Å². The minimum absolute atomic E-state index is 0.00769. The zero-order valence-corrected chi connectivity index (χ0v) is 13.0. The molecule has 1 aliphatic carbocycles. The van der Waals surface area contributed by atoms with Crippen molar-refractivity contribution in [2.24, 2.45) is 0 Å². The van der Waals surface area contributed by atoms with Crippen molar-refractivity contribution < 1.29 is 5.11 Å². The number of nitrogens with one attached hydrogen (secondary N) is 1. The van der Waals surface area contributed by atoms with E-state index in [1.807, 2.05) is 30.3 Å². The molecule has 2 N–H and O–H groups in total. The summed E-state index contributed by atoms with van der Waals surface area (Å²) >= 11 is 3.59. The molecule has 0 amide bonds. The first-order valence-electron chi connectivity index (χ1n) is 6.93. The van der Waals surface area contributed by atoms with Gasteiger partial charge in [-0.3, -0.25) is 0 Å². The third-order valence-electron chi connectivity index (χ3n) is 4.01. The van der Waals surface area contributed by atoms with Gasteiger partial charge in [-0.05, 0) is 29.7 Å². The number of aliphatic hydroxyl groups excluding tert-OH is 1. The molecule has 3 heteroatoms. The SMILES string of the molecule is CC(NC1c2ccccc2CC1O)c1ccccc1Br. The molecule has 0 aromatic heterocycles. The van der Waals surface area contributed by atoms with Crippen LogP contribution in [0.4, 0.5) is 0 Å². The quantitative estimate of drug-likeness (QED) is 0.897. The number of aliphatic hydroxyl groups is 1. The molecule has 2 aromatic rings. The second-order valence-electron chi connectivity index (χ2n) is 5.36. The van der Waals surface area contributed by atoms with Crippen LogP contribution in [0.2, 0.25) is 0 Å². The van der Waals surface area contributed by atoms with Crippen LogP contribution in [0.1, 0.15) is 35.7 Å². The van der Waals surface area contributed by atoms with Crippen LogP contribution in [0.25, 0.3) is 0 Å². The Hall–Kier alpha value is -1.16. The largest absolute Gasteiger partial charge is 0.391 e. The van der Waals surface area contributed by atoms with Crippen molar-refractivity contribution >= 4 is 15.9 Å². The molecule has 0 fully saturated rings. The minimum atomic E-state index is -0.350. The van der Waals surface area contributed by atoms with Crippen molar-refractivity contribution in [2.75, 3.05) is 0 Å². The Balaban J connectivity index is 1.83. The molecule has 2 aromatic carbocycles. The summed E-state index contributed by atoms with van der Waals surface area (Å²) in [7, 11) is 0. The van der Waals surface area contributed by atoms with E-state index in [0.717, 1.165) is 10.9 Å². The average Bonchev–Trinajstić information content (AvgIpc) is 2.76. The third kappa shape index (κ3) is 2.53. The molecule has 0 spiro atoms.